The van der Waals surface area contributed by atoms with Gasteiger partial charge in [0.1, 0.15) is 11.3 Å². The maximum atomic E-state index is 5.90. The lowest BCUT2D eigenvalue weighted by Crippen LogP contribution is -2.21. The van der Waals surface area contributed by atoms with Gasteiger partial charge in [0.25, 0.3) is 0 Å². The summed E-state index contributed by atoms with van der Waals surface area (Å²) in [6.45, 7) is 4.74. The van der Waals surface area contributed by atoms with Crippen molar-refractivity contribution in [2.75, 3.05) is 25.5 Å². The van der Waals surface area contributed by atoms with Crippen LogP contribution in [0.25, 0.3) is 11.0 Å². The summed E-state index contributed by atoms with van der Waals surface area (Å²) >= 11 is 5.90. The molecule has 0 saturated carbocycles. The van der Waals surface area contributed by atoms with Crippen LogP contribution >= 0.6 is 11.6 Å². The van der Waals surface area contributed by atoms with Crippen molar-refractivity contribution in [3.05, 3.63) is 24.3 Å². The molecule has 0 spiro atoms. The number of pyridine rings is 1. The van der Waals surface area contributed by atoms with Gasteiger partial charge in [0.2, 0.25) is 0 Å². The molecule has 3 heterocycles. The summed E-state index contributed by atoms with van der Waals surface area (Å²) in [5.41, 5.74) is 2.16. The summed E-state index contributed by atoms with van der Waals surface area (Å²) in [7, 11) is 0. The van der Waals surface area contributed by atoms with Gasteiger partial charge in [-0.05, 0) is 45.0 Å². The normalized spacial score (nSPS) is 16.2. The Morgan fingerprint density at radius 1 is 1.20 bits per heavy atom. The van der Waals surface area contributed by atoms with Crippen molar-refractivity contribution >= 4 is 22.6 Å². The SMILES string of the molecule is ClCCc1nc2cnccc2n1CCCN1CCCC1. The fourth-order valence-electron chi connectivity index (χ4n) is 3.02. The smallest absolute Gasteiger partial charge is 0.111 e. The molecule has 5 heteroatoms. The molecule has 0 radical (unpaired) electrons. The molecule has 2 aromatic rings. The molecule has 1 fully saturated rings. The number of imidazole rings is 1. The van der Waals surface area contributed by atoms with Gasteiger partial charge < -0.3 is 9.47 Å². The summed E-state index contributed by atoms with van der Waals surface area (Å²) in [5.74, 6) is 1.70. The molecule has 2 aromatic heterocycles. The van der Waals surface area contributed by atoms with Gasteiger partial charge in [0, 0.05) is 25.0 Å². The molecule has 0 unspecified atom stereocenters. The van der Waals surface area contributed by atoms with Gasteiger partial charge in [-0.1, -0.05) is 0 Å². The van der Waals surface area contributed by atoms with Crippen LogP contribution in [0.3, 0.4) is 0 Å². The van der Waals surface area contributed by atoms with Crippen molar-refractivity contribution in [3.8, 4) is 0 Å². The predicted molar refractivity (Wildman–Crippen MR) is 82.2 cm³/mol. The fraction of sp³-hybridized carbons (Fsp3) is 0.600. The van der Waals surface area contributed by atoms with Gasteiger partial charge in [0.05, 0.1) is 11.7 Å². The van der Waals surface area contributed by atoms with Crippen molar-refractivity contribution < 1.29 is 0 Å². The Bertz CT molecular complexity index is 560. The van der Waals surface area contributed by atoms with Crippen molar-refractivity contribution in [1.82, 2.24) is 19.4 Å². The van der Waals surface area contributed by atoms with E-state index in [0.717, 1.165) is 24.3 Å². The van der Waals surface area contributed by atoms with Crippen LogP contribution in [0, 0.1) is 0 Å². The zero-order valence-corrected chi connectivity index (χ0v) is 12.5. The minimum absolute atomic E-state index is 0.614. The molecule has 3 rings (SSSR count). The van der Waals surface area contributed by atoms with E-state index in [1.807, 2.05) is 12.4 Å². The van der Waals surface area contributed by atoms with Crippen LogP contribution in [0.5, 0.6) is 0 Å². The van der Waals surface area contributed by atoms with Crippen molar-refractivity contribution in [1.29, 1.82) is 0 Å². The number of halogens is 1. The predicted octanol–water partition coefficient (Wildman–Crippen LogP) is 2.70. The van der Waals surface area contributed by atoms with E-state index in [-0.39, 0.29) is 0 Å². The molecule has 0 bridgehead atoms. The second-order valence-corrected chi connectivity index (χ2v) is 5.76. The molecular formula is C15H21ClN4. The van der Waals surface area contributed by atoms with Gasteiger partial charge in [-0.25, -0.2) is 4.98 Å². The molecule has 4 nitrogen and oxygen atoms in total. The lowest BCUT2D eigenvalue weighted by atomic mass is 10.3. The average molecular weight is 293 g/mol. The third kappa shape index (κ3) is 2.96. The van der Waals surface area contributed by atoms with Gasteiger partial charge in [-0.3, -0.25) is 4.98 Å². The van der Waals surface area contributed by atoms with Crippen molar-refractivity contribution in [2.24, 2.45) is 0 Å². The number of hydrogen-bond donors (Lipinski definition) is 0. The summed E-state index contributed by atoms with van der Waals surface area (Å²) in [6.07, 6.45) is 8.38. The highest BCUT2D eigenvalue weighted by Gasteiger charge is 2.13. The molecule has 0 aliphatic carbocycles. The maximum absolute atomic E-state index is 5.90. The monoisotopic (exact) mass is 292 g/mol. The first-order chi connectivity index (χ1) is 9.88. The first-order valence-corrected chi connectivity index (χ1v) is 7.99. The number of aryl methyl sites for hydroxylation is 2. The van der Waals surface area contributed by atoms with Crippen LogP contribution < -0.4 is 0 Å². The minimum Gasteiger partial charge on any atom is -0.328 e. The highest BCUT2D eigenvalue weighted by Crippen LogP contribution is 2.17. The second-order valence-electron chi connectivity index (χ2n) is 5.39. The third-order valence-electron chi connectivity index (χ3n) is 4.00. The van der Waals surface area contributed by atoms with Gasteiger partial charge in [-0.2, -0.15) is 0 Å². The largest absolute Gasteiger partial charge is 0.328 e. The first kappa shape index (κ1) is 13.8. The summed E-state index contributed by atoms with van der Waals surface area (Å²) in [5, 5.41) is 0. The molecule has 0 N–H and O–H groups in total. The Kier molecular flexibility index (Phi) is 4.53. The summed E-state index contributed by atoms with van der Waals surface area (Å²) in [4.78, 5) is 11.4. The quantitative estimate of drug-likeness (QED) is 0.768. The Labute approximate surface area is 124 Å². The molecule has 108 valence electrons. The third-order valence-corrected chi connectivity index (χ3v) is 4.19. The Balaban J connectivity index is 1.72. The van der Waals surface area contributed by atoms with Crippen LogP contribution in [-0.4, -0.2) is 44.9 Å². The van der Waals surface area contributed by atoms with Gasteiger partial charge in [-0.15, -0.1) is 11.6 Å². The van der Waals surface area contributed by atoms with Crippen LogP contribution in [0.15, 0.2) is 18.5 Å². The second kappa shape index (κ2) is 6.55. The van der Waals surface area contributed by atoms with E-state index in [0.29, 0.717) is 5.88 Å². The standard InChI is InChI=1S/C15H21ClN4/c16-6-4-15-18-13-12-17-7-5-14(13)20(15)11-3-10-19-8-1-2-9-19/h5,7,12H,1-4,6,8-11H2. The topological polar surface area (TPSA) is 34.0 Å². The van der Waals surface area contributed by atoms with E-state index in [1.165, 1.54) is 44.4 Å². The fourth-order valence-corrected chi connectivity index (χ4v) is 3.18. The van der Waals surface area contributed by atoms with E-state index in [1.54, 1.807) is 0 Å². The highest BCUT2D eigenvalue weighted by molar-refractivity contribution is 6.17. The molecule has 0 amide bonds. The number of aromatic nitrogens is 3. The first-order valence-electron chi connectivity index (χ1n) is 7.46. The lowest BCUT2D eigenvalue weighted by molar-refractivity contribution is 0.325. The molecular weight excluding hydrogens is 272 g/mol. The van der Waals surface area contributed by atoms with E-state index in [4.69, 9.17) is 11.6 Å². The Morgan fingerprint density at radius 2 is 2.05 bits per heavy atom. The Morgan fingerprint density at radius 3 is 2.85 bits per heavy atom. The van der Waals surface area contributed by atoms with Gasteiger partial charge in [0.15, 0.2) is 0 Å². The Hall–Kier alpha value is -1.13. The number of likely N-dealkylation sites (tertiary alicyclic amines) is 1. The van der Waals surface area contributed by atoms with E-state index >= 15 is 0 Å². The van der Waals surface area contributed by atoms with Crippen LogP contribution in [0.2, 0.25) is 0 Å². The van der Waals surface area contributed by atoms with Crippen LogP contribution in [0.4, 0.5) is 0 Å². The maximum Gasteiger partial charge on any atom is 0.111 e. The zero-order valence-electron chi connectivity index (χ0n) is 11.8. The van der Waals surface area contributed by atoms with Crippen LogP contribution in [-0.2, 0) is 13.0 Å². The summed E-state index contributed by atoms with van der Waals surface area (Å²) in [6, 6.07) is 2.05. The van der Waals surface area contributed by atoms with Crippen molar-refractivity contribution in [3.63, 3.8) is 0 Å². The lowest BCUT2D eigenvalue weighted by Gasteiger charge is -2.15. The number of fused-ring (bicyclic) bond motifs is 1. The number of hydrogen-bond acceptors (Lipinski definition) is 3. The van der Waals surface area contributed by atoms with E-state index in [2.05, 4.69) is 25.5 Å². The number of rotatable bonds is 6. The molecule has 1 saturated heterocycles. The molecule has 1 aliphatic heterocycles. The summed E-state index contributed by atoms with van der Waals surface area (Å²) < 4.78 is 2.31. The number of nitrogens with zero attached hydrogens (tertiary/aromatic N) is 4. The van der Waals surface area contributed by atoms with E-state index in [9.17, 15) is 0 Å². The van der Waals surface area contributed by atoms with Gasteiger partial charge >= 0.3 is 0 Å². The molecule has 0 aromatic carbocycles. The molecule has 20 heavy (non-hydrogen) atoms. The average Bonchev–Trinajstić information content (AvgIpc) is 3.08. The van der Waals surface area contributed by atoms with E-state index < -0.39 is 0 Å². The molecule has 1 aliphatic rings. The highest BCUT2D eigenvalue weighted by atomic mass is 35.5. The molecule has 0 atom stereocenters. The van der Waals surface area contributed by atoms with Crippen LogP contribution in [0.1, 0.15) is 25.1 Å². The minimum atomic E-state index is 0.614. The van der Waals surface area contributed by atoms with Crippen molar-refractivity contribution in [2.45, 2.75) is 32.2 Å². The zero-order chi connectivity index (χ0) is 13.8. The number of alkyl halides is 1.